The van der Waals surface area contributed by atoms with Crippen LogP contribution in [0.4, 0.5) is 8.78 Å². The summed E-state index contributed by atoms with van der Waals surface area (Å²) in [5, 5.41) is 0. The van der Waals surface area contributed by atoms with Gasteiger partial charge in [0.25, 0.3) is 0 Å². The zero-order valence-electron chi connectivity index (χ0n) is 21.7. The Morgan fingerprint density at radius 3 is 2.53 bits per heavy atom. The molecule has 1 saturated heterocycles. The fourth-order valence-corrected chi connectivity index (χ4v) is 5.76. The number of hydrogen-bond acceptors (Lipinski definition) is 6. The van der Waals surface area contributed by atoms with E-state index in [-0.39, 0.29) is 19.0 Å². The summed E-state index contributed by atoms with van der Waals surface area (Å²) in [4.78, 5) is 4.45. The van der Waals surface area contributed by atoms with Crippen LogP contribution in [-0.2, 0) is 17.8 Å². The minimum atomic E-state index is -1.35. The molecule has 2 heterocycles. The van der Waals surface area contributed by atoms with Gasteiger partial charge in [-0.15, -0.1) is 23.3 Å². The number of pyridine rings is 1. The third-order valence-electron chi connectivity index (χ3n) is 7.91. The predicted molar refractivity (Wildman–Crippen MR) is 152 cm³/mol. The lowest BCUT2D eigenvalue weighted by atomic mass is 9.94. The average Bonchev–Trinajstić information content (AvgIpc) is 3.59. The van der Waals surface area contributed by atoms with Crippen LogP contribution in [0.3, 0.4) is 0 Å². The highest BCUT2D eigenvalue weighted by molar-refractivity contribution is 8.59. The molecule has 0 bridgehead atoms. The van der Waals surface area contributed by atoms with Gasteiger partial charge in [-0.3, -0.25) is 0 Å². The fourth-order valence-electron chi connectivity index (χ4n) is 5.76. The Hall–Kier alpha value is -2.29. The average molecular weight is 558 g/mol. The lowest BCUT2D eigenvalue weighted by Crippen LogP contribution is -2.37. The zero-order valence-corrected chi connectivity index (χ0v) is 23.5. The molecule has 38 heavy (non-hydrogen) atoms. The molecule has 3 aromatic rings. The van der Waals surface area contributed by atoms with Crippen LogP contribution in [0.1, 0.15) is 53.0 Å². The van der Waals surface area contributed by atoms with E-state index in [1.54, 1.807) is 6.07 Å². The molecule has 0 radical (unpaired) electrons. The topological polar surface area (TPSA) is 40.6 Å². The molecule has 202 valence electrons. The highest BCUT2D eigenvalue weighted by atomic mass is 33.1. The first kappa shape index (κ1) is 27.3. The van der Waals surface area contributed by atoms with Crippen molar-refractivity contribution in [3.8, 4) is 22.8 Å². The van der Waals surface area contributed by atoms with Crippen molar-refractivity contribution in [3.05, 3.63) is 76.2 Å². The van der Waals surface area contributed by atoms with E-state index in [0.717, 1.165) is 34.6 Å². The van der Waals surface area contributed by atoms with E-state index < -0.39 is 5.67 Å². The van der Waals surface area contributed by atoms with Crippen LogP contribution in [0.2, 0.25) is 0 Å². The van der Waals surface area contributed by atoms with Crippen LogP contribution in [-0.4, -0.2) is 30.5 Å². The number of hydrogen-bond donors (Lipinski definition) is 2. The number of ether oxygens (including phenoxy) is 3. The summed E-state index contributed by atoms with van der Waals surface area (Å²) in [6.07, 6.45) is 5.02. The van der Waals surface area contributed by atoms with Crippen molar-refractivity contribution in [2.24, 2.45) is 5.92 Å². The van der Waals surface area contributed by atoms with Crippen LogP contribution < -0.4 is 9.47 Å². The Bertz CT molecular complexity index is 1290. The summed E-state index contributed by atoms with van der Waals surface area (Å²) in [7, 11) is 0. The van der Waals surface area contributed by atoms with Crippen molar-refractivity contribution in [2.45, 2.75) is 57.7 Å². The van der Waals surface area contributed by atoms with Gasteiger partial charge in [0.15, 0.2) is 0 Å². The summed E-state index contributed by atoms with van der Waals surface area (Å²) in [5.74, 6) is 2.36. The van der Waals surface area contributed by atoms with Crippen molar-refractivity contribution in [3.63, 3.8) is 0 Å². The second-order valence-corrected chi connectivity index (χ2v) is 10.6. The zero-order chi connectivity index (χ0) is 26.9. The third kappa shape index (κ3) is 5.82. The van der Waals surface area contributed by atoms with E-state index in [0.29, 0.717) is 49.2 Å². The van der Waals surface area contributed by atoms with Gasteiger partial charge in [0.05, 0.1) is 0 Å². The van der Waals surface area contributed by atoms with E-state index in [2.05, 4.69) is 28.3 Å². The van der Waals surface area contributed by atoms with E-state index in [9.17, 15) is 8.78 Å². The molecule has 0 spiro atoms. The summed E-state index contributed by atoms with van der Waals surface area (Å²) in [6.45, 7) is 4.97. The normalized spacial score (nSPS) is 20.6. The van der Waals surface area contributed by atoms with Gasteiger partial charge in [0, 0.05) is 43.9 Å². The quantitative estimate of drug-likeness (QED) is 0.235. The second kappa shape index (κ2) is 11.4. The highest BCUT2D eigenvalue weighted by Gasteiger charge is 2.45. The molecule has 8 heteroatoms. The Kier molecular flexibility index (Phi) is 8.22. The number of alkyl halides is 1. The van der Waals surface area contributed by atoms with Crippen LogP contribution in [0.15, 0.2) is 42.6 Å². The van der Waals surface area contributed by atoms with Crippen molar-refractivity contribution in [1.29, 1.82) is 0 Å². The van der Waals surface area contributed by atoms with Gasteiger partial charge in [-0.1, -0.05) is 6.07 Å². The minimum absolute atomic E-state index is 0.0185. The molecule has 3 aliphatic rings. The molecule has 1 saturated carbocycles. The van der Waals surface area contributed by atoms with Gasteiger partial charge < -0.3 is 14.2 Å². The Morgan fingerprint density at radius 2 is 1.79 bits per heavy atom. The van der Waals surface area contributed by atoms with Gasteiger partial charge in [0.2, 0.25) is 5.88 Å². The molecular weight excluding hydrogens is 524 g/mol. The lowest BCUT2D eigenvalue weighted by Gasteiger charge is -2.29. The number of thiol groups is 2. The van der Waals surface area contributed by atoms with Crippen molar-refractivity contribution in [1.82, 2.24) is 4.98 Å². The monoisotopic (exact) mass is 557 g/mol. The molecule has 2 aromatic carbocycles. The number of nitrogens with zero attached hydrogens (tertiary/aromatic N) is 1. The first-order valence-electron chi connectivity index (χ1n) is 13.0. The van der Waals surface area contributed by atoms with Crippen LogP contribution in [0.5, 0.6) is 11.6 Å². The van der Waals surface area contributed by atoms with Crippen LogP contribution >= 0.6 is 23.3 Å². The Balaban J connectivity index is 0.00000144. The van der Waals surface area contributed by atoms with Crippen molar-refractivity contribution >= 4 is 23.3 Å². The number of aromatic nitrogens is 1. The van der Waals surface area contributed by atoms with Crippen LogP contribution in [0, 0.1) is 25.6 Å². The van der Waals surface area contributed by atoms with E-state index in [1.807, 2.05) is 44.3 Å². The number of rotatable bonds is 7. The largest absolute Gasteiger partial charge is 0.490 e. The molecule has 1 aromatic heterocycles. The molecule has 4 nitrogen and oxygen atoms in total. The second-order valence-electron chi connectivity index (χ2n) is 10.6. The van der Waals surface area contributed by atoms with Gasteiger partial charge in [-0.2, -0.15) is 0 Å². The molecule has 1 aliphatic heterocycles. The minimum Gasteiger partial charge on any atom is -0.490 e. The molecule has 2 aliphatic carbocycles. The maximum atomic E-state index is 14.9. The van der Waals surface area contributed by atoms with E-state index >= 15 is 0 Å². The molecule has 6 rings (SSSR count). The maximum absolute atomic E-state index is 14.9. The Morgan fingerprint density at radius 1 is 1.05 bits per heavy atom. The highest BCUT2D eigenvalue weighted by Crippen LogP contribution is 2.56. The smallest absolute Gasteiger partial charge is 0.213 e. The van der Waals surface area contributed by atoms with Crippen molar-refractivity contribution in [2.75, 3.05) is 19.8 Å². The standard InChI is InChI=1S/C30H31F2NO3.H2S2/c1-18-9-24(36-17-30(32)5-7-34-8-6-30)10-19(2)29(18)20-3-4-27(31)23(11-20)16-35-28-14-22-12-21-13-25(21)26(22)15-33-28;1-2/h3-4,9-11,14-15,21,25H,5-8,12-13,16-17H2,1-2H3;1-2H. The first-order chi connectivity index (χ1) is 18.4. The van der Waals surface area contributed by atoms with Gasteiger partial charge >= 0.3 is 0 Å². The number of fused-ring (bicyclic) bond motifs is 3. The summed E-state index contributed by atoms with van der Waals surface area (Å²) >= 11 is 6.44. The van der Waals surface area contributed by atoms with Gasteiger partial charge in [-0.25, -0.2) is 13.8 Å². The maximum Gasteiger partial charge on any atom is 0.213 e. The molecule has 0 N–H and O–H groups in total. The predicted octanol–water partition coefficient (Wildman–Crippen LogP) is 7.40. The van der Waals surface area contributed by atoms with Gasteiger partial charge in [-0.05, 0) is 96.2 Å². The third-order valence-corrected chi connectivity index (χ3v) is 7.91. The van der Waals surface area contributed by atoms with Crippen molar-refractivity contribution < 1.29 is 23.0 Å². The molecule has 2 fully saturated rings. The van der Waals surface area contributed by atoms with E-state index in [4.69, 9.17) is 14.2 Å². The SMILES string of the molecule is Cc1cc(OCC2(F)CCOCC2)cc(C)c1-c1ccc(F)c(COc2cc3c(cn2)C2CC2C3)c1.SS. The molecule has 2 atom stereocenters. The number of aryl methyl sites for hydroxylation is 2. The number of benzene rings is 2. The van der Waals surface area contributed by atoms with E-state index in [1.165, 1.54) is 23.6 Å². The van der Waals surface area contributed by atoms with Crippen LogP contribution in [0.25, 0.3) is 11.1 Å². The molecular formula is C30H33F2NO3S2. The first-order valence-corrected chi connectivity index (χ1v) is 14.6. The summed E-state index contributed by atoms with van der Waals surface area (Å²) in [5.41, 5.74) is 5.70. The fraction of sp³-hybridized carbons (Fsp3) is 0.433. The van der Waals surface area contributed by atoms with Gasteiger partial charge in [0.1, 0.15) is 30.4 Å². The lowest BCUT2D eigenvalue weighted by molar-refractivity contribution is -0.0323. The number of halogens is 2. The summed E-state index contributed by atoms with van der Waals surface area (Å²) < 4.78 is 46.6. The molecule has 0 amide bonds. The Labute approximate surface area is 233 Å². The summed E-state index contributed by atoms with van der Waals surface area (Å²) in [6, 6.07) is 11.0. The molecule has 2 unspecified atom stereocenters.